The Hall–Kier alpha value is -5.66. The van der Waals surface area contributed by atoms with Crippen LogP contribution in [0, 0.1) is 11.3 Å². The molecule has 4 nitrogen and oxygen atoms in total. The standard InChI is InChI=1S/C36H21N3O/c37-21-26-18-17-25(22-38-26)23-13-15-24(16-14-23)27-7-1-4-10-31(27)39-32-11-5-2-9-30(32)35-33(39)20-19-29-28-8-3-6-12-34(28)40-36(29)35/h1-20,22H. The number of rotatable bonds is 3. The first-order chi connectivity index (χ1) is 19.8. The molecular weight excluding hydrogens is 490 g/mol. The highest BCUT2D eigenvalue weighted by atomic mass is 16.3. The summed E-state index contributed by atoms with van der Waals surface area (Å²) in [6.07, 6.45) is 1.75. The third-order valence-electron chi connectivity index (χ3n) is 7.73. The lowest BCUT2D eigenvalue weighted by atomic mass is 9.99. The summed E-state index contributed by atoms with van der Waals surface area (Å²) in [5.74, 6) is 0. The maximum absolute atomic E-state index is 9.06. The normalized spacial score (nSPS) is 11.5. The molecule has 5 aromatic carbocycles. The lowest BCUT2D eigenvalue weighted by Gasteiger charge is -2.14. The van der Waals surface area contributed by atoms with Gasteiger partial charge in [0.2, 0.25) is 0 Å². The number of hydrogen-bond donors (Lipinski definition) is 0. The molecule has 0 saturated carbocycles. The Labute approximate surface area is 230 Å². The number of aromatic nitrogens is 2. The minimum absolute atomic E-state index is 0.417. The second kappa shape index (κ2) is 8.69. The molecule has 3 aromatic heterocycles. The Morgan fingerprint density at radius 3 is 2.15 bits per heavy atom. The summed E-state index contributed by atoms with van der Waals surface area (Å²) in [6, 6.07) is 44.0. The number of furan rings is 1. The summed E-state index contributed by atoms with van der Waals surface area (Å²) in [4.78, 5) is 4.22. The van der Waals surface area contributed by atoms with E-state index in [1.54, 1.807) is 12.3 Å². The van der Waals surface area contributed by atoms with Gasteiger partial charge in [0.25, 0.3) is 0 Å². The van der Waals surface area contributed by atoms with Crippen LogP contribution in [0.5, 0.6) is 0 Å². The van der Waals surface area contributed by atoms with Crippen molar-refractivity contribution in [2.45, 2.75) is 0 Å². The van der Waals surface area contributed by atoms with Gasteiger partial charge in [0, 0.05) is 33.5 Å². The molecule has 8 rings (SSSR count). The van der Waals surface area contributed by atoms with Gasteiger partial charge in [-0.25, -0.2) is 4.98 Å². The third kappa shape index (κ3) is 3.28. The topological polar surface area (TPSA) is 54.8 Å². The Bertz CT molecular complexity index is 2260. The van der Waals surface area contributed by atoms with Gasteiger partial charge in [-0.1, -0.05) is 78.9 Å². The maximum Gasteiger partial charge on any atom is 0.145 e. The predicted octanol–water partition coefficient (Wildman–Crippen LogP) is 9.28. The van der Waals surface area contributed by atoms with Gasteiger partial charge in [-0.15, -0.1) is 0 Å². The van der Waals surface area contributed by atoms with E-state index in [0.29, 0.717) is 5.69 Å². The smallest absolute Gasteiger partial charge is 0.145 e. The minimum atomic E-state index is 0.417. The van der Waals surface area contributed by atoms with Crippen molar-refractivity contribution in [2.75, 3.05) is 0 Å². The Morgan fingerprint density at radius 2 is 1.32 bits per heavy atom. The van der Waals surface area contributed by atoms with E-state index >= 15 is 0 Å². The summed E-state index contributed by atoms with van der Waals surface area (Å²) in [6.45, 7) is 0. The average Bonchev–Trinajstić information content (AvgIpc) is 3.57. The summed E-state index contributed by atoms with van der Waals surface area (Å²) < 4.78 is 8.82. The number of nitrogens with zero attached hydrogens (tertiary/aromatic N) is 3. The van der Waals surface area contributed by atoms with Gasteiger partial charge in [-0.3, -0.25) is 0 Å². The van der Waals surface area contributed by atoms with Gasteiger partial charge in [-0.2, -0.15) is 5.26 Å². The molecule has 0 bridgehead atoms. The predicted molar refractivity (Wildman–Crippen MR) is 161 cm³/mol. The fourth-order valence-electron chi connectivity index (χ4n) is 5.88. The number of nitriles is 1. The van der Waals surface area contributed by atoms with Crippen LogP contribution >= 0.6 is 0 Å². The van der Waals surface area contributed by atoms with Crippen molar-refractivity contribution in [3.63, 3.8) is 0 Å². The lowest BCUT2D eigenvalue weighted by molar-refractivity contribution is 0.673. The van der Waals surface area contributed by atoms with Gasteiger partial charge in [0.15, 0.2) is 0 Å². The Morgan fingerprint density at radius 1 is 0.600 bits per heavy atom. The Balaban J connectivity index is 1.34. The molecule has 0 unspecified atom stereocenters. The molecule has 0 amide bonds. The molecule has 186 valence electrons. The van der Waals surface area contributed by atoms with Crippen molar-refractivity contribution in [2.24, 2.45) is 0 Å². The quantitative estimate of drug-likeness (QED) is 0.237. The molecule has 8 aromatic rings. The highest BCUT2D eigenvalue weighted by molar-refractivity contribution is 6.24. The zero-order valence-electron chi connectivity index (χ0n) is 21.4. The fraction of sp³-hybridized carbons (Fsp3) is 0. The Kier molecular flexibility index (Phi) is 4.85. The van der Waals surface area contributed by atoms with E-state index < -0.39 is 0 Å². The fourth-order valence-corrected chi connectivity index (χ4v) is 5.88. The number of fused-ring (bicyclic) bond motifs is 7. The van der Waals surface area contributed by atoms with E-state index in [-0.39, 0.29) is 0 Å². The minimum Gasteiger partial charge on any atom is -0.455 e. The van der Waals surface area contributed by atoms with Crippen molar-refractivity contribution < 1.29 is 4.42 Å². The van der Waals surface area contributed by atoms with E-state index in [1.165, 1.54) is 5.39 Å². The van der Waals surface area contributed by atoms with Gasteiger partial charge >= 0.3 is 0 Å². The first-order valence-electron chi connectivity index (χ1n) is 13.2. The number of benzene rings is 5. The molecule has 0 aliphatic carbocycles. The van der Waals surface area contributed by atoms with E-state index in [0.717, 1.165) is 66.3 Å². The molecule has 0 radical (unpaired) electrons. The van der Waals surface area contributed by atoms with Crippen LogP contribution in [0.15, 0.2) is 132 Å². The number of para-hydroxylation sites is 3. The largest absolute Gasteiger partial charge is 0.455 e. The lowest BCUT2D eigenvalue weighted by Crippen LogP contribution is -1.97. The van der Waals surface area contributed by atoms with Gasteiger partial charge in [0.1, 0.15) is 22.9 Å². The molecule has 0 N–H and O–H groups in total. The summed E-state index contributed by atoms with van der Waals surface area (Å²) in [7, 11) is 0. The van der Waals surface area contributed by atoms with Crippen LogP contribution in [-0.4, -0.2) is 9.55 Å². The van der Waals surface area contributed by atoms with E-state index in [9.17, 15) is 0 Å². The zero-order chi connectivity index (χ0) is 26.6. The summed E-state index contributed by atoms with van der Waals surface area (Å²) in [5, 5.41) is 13.6. The number of hydrogen-bond acceptors (Lipinski definition) is 3. The van der Waals surface area contributed by atoms with Crippen LogP contribution in [-0.2, 0) is 0 Å². The zero-order valence-corrected chi connectivity index (χ0v) is 21.4. The van der Waals surface area contributed by atoms with Crippen molar-refractivity contribution in [3.8, 4) is 34.0 Å². The van der Waals surface area contributed by atoms with Gasteiger partial charge in [0.05, 0.1) is 22.1 Å². The average molecular weight is 512 g/mol. The van der Waals surface area contributed by atoms with Crippen molar-refractivity contribution in [3.05, 3.63) is 133 Å². The van der Waals surface area contributed by atoms with Gasteiger partial charge < -0.3 is 8.98 Å². The molecule has 0 aliphatic heterocycles. The monoisotopic (exact) mass is 511 g/mol. The molecule has 0 aliphatic rings. The van der Waals surface area contributed by atoms with E-state index in [1.807, 2.05) is 18.2 Å². The SMILES string of the molecule is N#Cc1ccc(-c2ccc(-c3ccccc3-n3c4ccccc4c4c5oc6ccccc6c5ccc43)cc2)cn1. The number of pyridine rings is 1. The molecule has 40 heavy (non-hydrogen) atoms. The second-order valence-corrected chi connectivity index (χ2v) is 9.93. The van der Waals surface area contributed by atoms with Gasteiger partial charge in [-0.05, 0) is 53.6 Å². The van der Waals surface area contributed by atoms with E-state index in [4.69, 9.17) is 9.68 Å². The van der Waals surface area contributed by atoms with Crippen LogP contribution in [0.25, 0.3) is 71.7 Å². The summed E-state index contributed by atoms with van der Waals surface area (Å²) in [5.41, 5.74) is 9.90. The van der Waals surface area contributed by atoms with Crippen molar-refractivity contribution >= 4 is 43.7 Å². The first kappa shape index (κ1) is 22.3. The molecular formula is C36H21N3O. The second-order valence-electron chi connectivity index (χ2n) is 9.93. The summed E-state index contributed by atoms with van der Waals surface area (Å²) >= 11 is 0. The molecule has 3 heterocycles. The maximum atomic E-state index is 9.06. The molecule has 0 spiro atoms. The van der Waals surface area contributed by atoms with E-state index in [2.05, 4.69) is 113 Å². The first-order valence-corrected chi connectivity index (χ1v) is 13.2. The van der Waals surface area contributed by atoms with Crippen LogP contribution in [0.1, 0.15) is 5.69 Å². The third-order valence-corrected chi connectivity index (χ3v) is 7.73. The molecule has 0 atom stereocenters. The molecule has 0 fully saturated rings. The highest BCUT2D eigenvalue weighted by Crippen LogP contribution is 2.42. The van der Waals surface area contributed by atoms with Crippen LogP contribution < -0.4 is 0 Å². The van der Waals surface area contributed by atoms with Crippen molar-refractivity contribution in [1.82, 2.24) is 9.55 Å². The van der Waals surface area contributed by atoms with Crippen molar-refractivity contribution in [1.29, 1.82) is 5.26 Å². The van der Waals surface area contributed by atoms with Crippen LogP contribution in [0.4, 0.5) is 0 Å². The van der Waals surface area contributed by atoms with Crippen LogP contribution in [0.2, 0.25) is 0 Å². The highest BCUT2D eigenvalue weighted by Gasteiger charge is 2.19. The molecule has 0 saturated heterocycles. The van der Waals surface area contributed by atoms with Crippen LogP contribution in [0.3, 0.4) is 0 Å². The molecule has 4 heteroatoms.